The maximum atomic E-state index is 12.6. The second kappa shape index (κ2) is 10.2. The molecule has 29 heavy (non-hydrogen) atoms. The van der Waals surface area contributed by atoms with Crippen LogP contribution in [0, 0.1) is 5.41 Å². The van der Waals surface area contributed by atoms with Crippen LogP contribution in [0.4, 0.5) is 5.69 Å². The Labute approximate surface area is 175 Å². The smallest absolute Gasteiger partial charge is 0.255 e. The van der Waals surface area contributed by atoms with Crippen molar-refractivity contribution in [2.45, 2.75) is 13.2 Å². The summed E-state index contributed by atoms with van der Waals surface area (Å²) in [6, 6.07) is 17.5. The molecular formula is C21H22ClN5O2. The fourth-order valence-corrected chi connectivity index (χ4v) is 2.58. The highest BCUT2D eigenvalue weighted by molar-refractivity contribution is 6.05. The Morgan fingerprint density at radius 2 is 1.79 bits per heavy atom. The summed E-state index contributed by atoms with van der Waals surface area (Å²) < 4.78 is 5.68. The number of amides is 1. The summed E-state index contributed by atoms with van der Waals surface area (Å²) >= 11 is 0. The van der Waals surface area contributed by atoms with Gasteiger partial charge in [-0.25, -0.2) is 0 Å². The van der Waals surface area contributed by atoms with Gasteiger partial charge in [-0.1, -0.05) is 18.2 Å². The molecule has 150 valence electrons. The third kappa shape index (κ3) is 5.78. The van der Waals surface area contributed by atoms with Gasteiger partial charge >= 0.3 is 0 Å². The lowest BCUT2D eigenvalue weighted by atomic mass is 10.1. The third-order valence-electron chi connectivity index (χ3n) is 4.12. The van der Waals surface area contributed by atoms with Gasteiger partial charge in [-0.3, -0.25) is 15.2 Å². The second-order valence-electron chi connectivity index (χ2n) is 6.08. The Bertz CT molecular complexity index is 978. The number of halogens is 1. The van der Waals surface area contributed by atoms with Crippen molar-refractivity contribution >= 4 is 29.8 Å². The first-order valence-electron chi connectivity index (χ1n) is 8.68. The number of nitrogens with one attached hydrogen (secondary N) is 2. The predicted molar refractivity (Wildman–Crippen MR) is 116 cm³/mol. The number of rotatable bonds is 7. The standard InChI is InChI=1S/C21H21N5O2.ClH/c22-12-16-5-4-15(20(23)24)11-19(16)26-21(27)14-6-8-18(9-7-14)28-13-17-3-1-2-10-25-17;/h1-11H,12-13,22H2,(H3,23,24)(H,26,27);1H. The number of nitrogen functional groups attached to an aromatic ring is 1. The Morgan fingerprint density at radius 3 is 2.41 bits per heavy atom. The van der Waals surface area contributed by atoms with Crippen LogP contribution in [-0.2, 0) is 13.2 Å². The van der Waals surface area contributed by atoms with Crippen LogP contribution in [-0.4, -0.2) is 16.7 Å². The van der Waals surface area contributed by atoms with Gasteiger partial charge in [-0.15, -0.1) is 12.4 Å². The van der Waals surface area contributed by atoms with Crippen molar-refractivity contribution < 1.29 is 9.53 Å². The highest BCUT2D eigenvalue weighted by Gasteiger charge is 2.11. The average molecular weight is 412 g/mol. The molecule has 7 nitrogen and oxygen atoms in total. The molecule has 0 aliphatic rings. The Kier molecular flexibility index (Phi) is 7.70. The molecule has 6 N–H and O–H groups in total. The first kappa shape index (κ1) is 21.9. The highest BCUT2D eigenvalue weighted by atomic mass is 35.5. The first-order chi connectivity index (χ1) is 13.6. The first-order valence-corrected chi connectivity index (χ1v) is 8.68. The van der Waals surface area contributed by atoms with Gasteiger partial charge in [0.05, 0.1) is 5.69 Å². The predicted octanol–water partition coefficient (Wildman–Crippen LogP) is 3.08. The fourth-order valence-electron chi connectivity index (χ4n) is 2.58. The highest BCUT2D eigenvalue weighted by Crippen LogP contribution is 2.20. The Morgan fingerprint density at radius 1 is 1.07 bits per heavy atom. The van der Waals surface area contributed by atoms with Gasteiger partial charge in [0.2, 0.25) is 0 Å². The average Bonchev–Trinajstić information content (AvgIpc) is 2.73. The summed E-state index contributed by atoms with van der Waals surface area (Å²) in [7, 11) is 0. The number of ether oxygens (including phenoxy) is 1. The molecule has 3 rings (SSSR count). The van der Waals surface area contributed by atoms with Crippen LogP contribution in [0.25, 0.3) is 0 Å². The molecule has 0 atom stereocenters. The van der Waals surface area contributed by atoms with Crippen molar-refractivity contribution in [2.75, 3.05) is 5.32 Å². The molecule has 3 aromatic rings. The van der Waals surface area contributed by atoms with Gasteiger partial charge in [0.15, 0.2) is 0 Å². The summed E-state index contributed by atoms with van der Waals surface area (Å²) in [5.41, 5.74) is 14.4. The number of pyridine rings is 1. The lowest BCUT2D eigenvalue weighted by Crippen LogP contribution is -2.17. The molecule has 0 aliphatic heterocycles. The van der Waals surface area contributed by atoms with E-state index in [4.69, 9.17) is 21.6 Å². The van der Waals surface area contributed by atoms with E-state index in [1.54, 1.807) is 48.7 Å². The summed E-state index contributed by atoms with van der Waals surface area (Å²) in [5.74, 6) is 0.281. The van der Waals surface area contributed by atoms with Gasteiger partial charge in [0.25, 0.3) is 5.91 Å². The van der Waals surface area contributed by atoms with Crippen LogP contribution in [0.5, 0.6) is 5.75 Å². The van der Waals surface area contributed by atoms with Crippen LogP contribution in [0.1, 0.15) is 27.2 Å². The van der Waals surface area contributed by atoms with Crippen LogP contribution >= 0.6 is 12.4 Å². The molecule has 1 amide bonds. The van der Waals surface area contributed by atoms with Crippen LogP contribution in [0.2, 0.25) is 0 Å². The zero-order valence-electron chi connectivity index (χ0n) is 15.6. The molecule has 0 saturated carbocycles. The molecule has 8 heteroatoms. The van der Waals surface area contributed by atoms with E-state index >= 15 is 0 Å². The normalized spacial score (nSPS) is 9.97. The van der Waals surface area contributed by atoms with Crippen molar-refractivity contribution in [3.63, 3.8) is 0 Å². The number of hydrogen-bond acceptors (Lipinski definition) is 5. The van der Waals surface area contributed by atoms with E-state index in [-0.39, 0.29) is 30.7 Å². The van der Waals surface area contributed by atoms with Crippen molar-refractivity contribution in [3.8, 4) is 5.75 Å². The molecule has 0 unspecified atom stereocenters. The van der Waals surface area contributed by atoms with E-state index in [2.05, 4.69) is 10.3 Å². The lowest BCUT2D eigenvalue weighted by molar-refractivity contribution is 0.102. The minimum atomic E-state index is -0.285. The van der Waals surface area contributed by atoms with E-state index in [1.165, 1.54) is 0 Å². The molecule has 1 heterocycles. The molecule has 0 fully saturated rings. The van der Waals surface area contributed by atoms with Crippen LogP contribution in [0.3, 0.4) is 0 Å². The number of carbonyl (C=O) groups excluding carboxylic acids is 1. The molecule has 2 aromatic carbocycles. The minimum absolute atomic E-state index is 0. The maximum absolute atomic E-state index is 12.6. The SMILES string of the molecule is Cl.N=C(N)c1ccc(CN)c(NC(=O)c2ccc(OCc3ccccn3)cc2)c1. The number of hydrogen-bond donors (Lipinski definition) is 4. The number of nitrogens with zero attached hydrogens (tertiary/aromatic N) is 1. The number of benzene rings is 2. The third-order valence-corrected chi connectivity index (χ3v) is 4.12. The largest absolute Gasteiger partial charge is 0.487 e. The van der Waals surface area contributed by atoms with E-state index in [0.717, 1.165) is 11.3 Å². The summed E-state index contributed by atoms with van der Waals surface area (Å²) in [5, 5.41) is 10.4. The topological polar surface area (TPSA) is 127 Å². The van der Waals surface area contributed by atoms with Gasteiger partial charge in [-0.2, -0.15) is 0 Å². The number of carbonyl (C=O) groups is 1. The number of aromatic nitrogens is 1. The van der Waals surface area contributed by atoms with Gasteiger partial charge in [0.1, 0.15) is 18.2 Å². The second-order valence-corrected chi connectivity index (χ2v) is 6.08. The number of anilines is 1. The lowest BCUT2D eigenvalue weighted by Gasteiger charge is -2.12. The van der Waals surface area contributed by atoms with Gasteiger partial charge in [0, 0.05) is 29.6 Å². The van der Waals surface area contributed by atoms with Crippen molar-refractivity contribution in [3.05, 3.63) is 89.2 Å². The zero-order valence-corrected chi connectivity index (χ0v) is 16.4. The summed E-state index contributed by atoms with van der Waals surface area (Å²) in [6.45, 7) is 0.609. The van der Waals surface area contributed by atoms with Crippen molar-refractivity contribution in [2.24, 2.45) is 11.5 Å². The minimum Gasteiger partial charge on any atom is -0.487 e. The summed E-state index contributed by atoms with van der Waals surface area (Å²) in [6.07, 6.45) is 1.71. The number of nitrogens with two attached hydrogens (primary N) is 2. The molecule has 0 spiro atoms. The van der Waals surface area contributed by atoms with E-state index in [1.807, 2.05) is 18.2 Å². The van der Waals surface area contributed by atoms with Gasteiger partial charge < -0.3 is 21.5 Å². The van der Waals surface area contributed by atoms with Gasteiger partial charge in [-0.05, 0) is 48.0 Å². The van der Waals surface area contributed by atoms with Crippen LogP contribution < -0.4 is 21.5 Å². The van der Waals surface area contributed by atoms with E-state index in [0.29, 0.717) is 29.2 Å². The van der Waals surface area contributed by atoms with E-state index < -0.39 is 0 Å². The Hall–Kier alpha value is -3.42. The number of amidine groups is 1. The molecule has 0 radical (unpaired) electrons. The zero-order chi connectivity index (χ0) is 19.9. The molecular weight excluding hydrogens is 390 g/mol. The quantitative estimate of drug-likeness (QED) is 0.351. The molecule has 1 aromatic heterocycles. The fraction of sp³-hybridized carbons (Fsp3) is 0.0952. The monoisotopic (exact) mass is 411 g/mol. The molecule has 0 bridgehead atoms. The summed E-state index contributed by atoms with van der Waals surface area (Å²) in [4.78, 5) is 16.8. The molecule has 0 aliphatic carbocycles. The van der Waals surface area contributed by atoms with E-state index in [9.17, 15) is 4.79 Å². The van der Waals surface area contributed by atoms with Crippen molar-refractivity contribution in [1.29, 1.82) is 5.41 Å². The van der Waals surface area contributed by atoms with Crippen LogP contribution in [0.15, 0.2) is 66.9 Å². The van der Waals surface area contributed by atoms with Crippen molar-refractivity contribution in [1.82, 2.24) is 4.98 Å². The molecule has 0 saturated heterocycles. The Balaban J connectivity index is 0.00000300. The maximum Gasteiger partial charge on any atom is 0.255 e.